The second-order valence-electron chi connectivity index (χ2n) is 4.63. The molecule has 2 rings (SSSR count). The van der Waals surface area contributed by atoms with Gasteiger partial charge in [0.05, 0.1) is 12.4 Å². The van der Waals surface area contributed by atoms with E-state index in [-0.39, 0.29) is 11.2 Å². The van der Waals surface area contributed by atoms with E-state index in [1.54, 1.807) is 18.9 Å². The van der Waals surface area contributed by atoms with Crippen LogP contribution in [-0.4, -0.2) is 35.0 Å². The number of aromatic nitrogens is 2. The number of rotatable bonds is 8. The number of carbonyl (C=O) groups excluding carboxylic acids is 1. The molecule has 1 amide bonds. The lowest BCUT2D eigenvalue weighted by molar-refractivity contribution is -0.120. The Balaban J connectivity index is 1.85. The third kappa shape index (κ3) is 5.71. The monoisotopic (exact) mass is 369 g/mol. The molecule has 1 aromatic heterocycles. The number of ether oxygens (including phenoxy) is 1. The molecule has 0 bridgehead atoms. The minimum absolute atomic E-state index is 0.0279. The number of nitrogens with zero attached hydrogens (tertiary/aromatic N) is 2. The summed E-state index contributed by atoms with van der Waals surface area (Å²) in [6.45, 7) is 4.43. The van der Waals surface area contributed by atoms with Crippen molar-refractivity contribution in [3.63, 3.8) is 0 Å². The molecular weight excluding hydrogens is 350 g/mol. The van der Waals surface area contributed by atoms with Crippen LogP contribution < -0.4 is 10.1 Å². The highest BCUT2D eigenvalue weighted by Gasteiger charge is 2.16. The maximum atomic E-state index is 11.7. The summed E-state index contributed by atoms with van der Waals surface area (Å²) in [5.74, 6) is 1.71. The van der Waals surface area contributed by atoms with E-state index in [2.05, 4.69) is 15.5 Å². The fourth-order valence-corrected chi connectivity index (χ4v) is 4.84. The van der Waals surface area contributed by atoms with Crippen LogP contribution in [0.4, 0.5) is 0 Å². The van der Waals surface area contributed by atoms with Crippen molar-refractivity contribution in [2.45, 2.75) is 33.5 Å². The molecule has 1 heterocycles. The van der Waals surface area contributed by atoms with E-state index in [9.17, 15) is 4.79 Å². The Morgan fingerprint density at radius 2 is 2.00 bits per heavy atom. The van der Waals surface area contributed by atoms with Crippen LogP contribution in [0.5, 0.6) is 5.75 Å². The maximum Gasteiger partial charge on any atom is 0.233 e. The second-order valence-corrected chi connectivity index (χ2v) is 8.41. The molecule has 23 heavy (non-hydrogen) atoms. The molecule has 0 saturated heterocycles. The van der Waals surface area contributed by atoms with Crippen LogP contribution in [0.2, 0.25) is 0 Å². The summed E-state index contributed by atoms with van der Waals surface area (Å²) in [6.07, 6.45) is 0. The number of benzene rings is 1. The highest BCUT2D eigenvalue weighted by molar-refractivity contribution is 8.03. The lowest BCUT2D eigenvalue weighted by Gasteiger charge is -2.07. The van der Waals surface area contributed by atoms with Crippen molar-refractivity contribution in [2.24, 2.45) is 0 Å². The zero-order chi connectivity index (χ0) is 16.7. The van der Waals surface area contributed by atoms with E-state index < -0.39 is 0 Å². The number of hydrogen-bond acceptors (Lipinski definition) is 7. The topological polar surface area (TPSA) is 64.1 Å². The molecule has 0 saturated carbocycles. The number of amides is 1. The molecule has 0 fully saturated rings. The fourth-order valence-electron chi connectivity index (χ4n) is 1.69. The average molecular weight is 370 g/mol. The first-order valence-corrected chi connectivity index (χ1v) is 9.84. The minimum Gasteiger partial charge on any atom is -0.497 e. The van der Waals surface area contributed by atoms with Crippen LogP contribution in [0.15, 0.2) is 32.9 Å². The van der Waals surface area contributed by atoms with Gasteiger partial charge in [0, 0.05) is 12.3 Å². The Hall–Kier alpha value is -1.25. The summed E-state index contributed by atoms with van der Waals surface area (Å²) in [6, 6.07) is 7.98. The normalized spacial score (nSPS) is 12.0. The number of thioether (sulfide) groups is 2. The van der Waals surface area contributed by atoms with Gasteiger partial charge in [0.15, 0.2) is 8.68 Å². The largest absolute Gasteiger partial charge is 0.497 e. The summed E-state index contributed by atoms with van der Waals surface area (Å²) in [5, 5.41) is 11.0. The molecule has 1 N–H and O–H groups in total. The van der Waals surface area contributed by atoms with Gasteiger partial charge in [0.25, 0.3) is 0 Å². The Labute approximate surface area is 148 Å². The fraction of sp³-hybridized carbons (Fsp3) is 0.400. The Morgan fingerprint density at radius 3 is 2.65 bits per heavy atom. The van der Waals surface area contributed by atoms with Gasteiger partial charge in [0.2, 0.25) is 5.91 Å². The summed E-state index contributed by atoms with van der Waals surface area (Å²) < 4.78 is 6.88. The van der Waals surface area contributed by atoms with E-state index >= 15 is 0 Å². The van der Waals surface area contributed by atoms with Crippen LogP contribution in [0.25, 0.3) is 0 Å². The Bertz CT molecular complexity index is 631. The van der Waals surface area contributed by atoms with E-state index in [0.29, 0.717) is 6.54 Å². The van der Waals surface area contributed by atoms with E-state index in [1.807, 2.05) is 38.1 Å². The van der Waals surface area contributed by atoms with Crippen LogP contribution in [0.1, 0.15) is 19.4 Å². The van der Waals surface area contributed by atoms with E-state index in [0.717, 1.165) is 20.2 Å². The molecule has 0 unspecified atom stereocenters. The van der Waals surface area contributed by atoms with Crippen LogP contribution in [-0.2, 0) is 10.5 Å². The lowest BCUT2D eigenvalue weighted by Crippen LogP contribution is -2.30. The highest BCUT2D eigenvalue weighted by atomic mass is 32.2. The molecule has 0 radical (unpaired) electrons. The van der Waals surface area contributed by atoms with Gasteiger partial charge < -0.3 is 10.1 Å². The van der Waals surface area contributed by atoms with Crippen LogP contribution in [0, 0.1) is 0 Å². The van der Waals surface area contributed by atoms with E-state index in [1.165, 1.54) is 28.7 Å². The van der Waals surface area contributed by atoms with Gasteiger partial charge in [-0.1, -0.05) is 47.0 Å². The third-order valence-corrected chi connectivity index (χ3v) is 6.22. The van der Waals surface area contributed by atoms with Gasteiger partial charge >= 0.3 is 0 Å². The molecule has 1 atom stereocenters. The van der Waals surface area contributed by atoms with Gasteiger partial charge in [0.1, 0.15) is 5.75 Å². The SMILES string of the molecule is CCNC(=O)[C@H](C)Sc1nnc(SCc2ccc(OC)cc2)s1. The molecule has 0 aliphatic heterocycles. The van der Waals surface area contributed by atoms with Crippen LogP contribution >= 0.6 is 34.9 Å². The second kappa shape index (κ2) is 9.14. The molecule has 8 heteroatoms. The zero-order valence-electron chi connectivity index (χ0n) is 13.2. The van der Waals surface area contributed by atoms with Crippen molar-refractivity contribution in [3.05, 3.63) is 29.8 Å². The Morgan fingerprint density at radius 1 is 1.30 bits per heavy atom. The van der Waals surface area contributed by atoms with E-state index in [4.69, 9.17) is 4.74 Å². The summed E-state index contributed by atoms with van der Waals surface area (Å²) in [4.78, 5) is 11.7. The first kappa shape index (κ1) is 18.1. The molecule has 0 spiro atoms. The molecular formula is C15H19N3O2S3. The summed E-state index contributed by atoms with van der Waals surface area (Å²) in [5.41, 5.74) is 1.20. The van der Waals surface area contributed by atoms with Gasteiger partial charge in [-0.15, -0.1) is 10.2 Å². The van der Waals surface area contributed by atoms with Gasteiger partial charge in [-0.05, 0) is 31.5 Å². The average Bonchev–Trinajstić information content (AvgIpc) is 3.01. The lowest BCUT2D eigenvalue weighted by atomic mass is 10.2. The first-order valence-electron chi connectivity index (χ1n) is 7.16. The molecule has 5 nitrogen and oxygen atoms in total. The molecule has 0 aliphatic carbocycles. The smallest absolute Gasteiger partial charge is 0.233 e. The molecule has 124 valence electrons. The third-order valence-electron chi connectivity index (χ3n) is 2.91. The summed E-state index contributed by atoms with van der Waals surface area (Å²) >= 11 is 4.61. The van der Waals surface area contributed by atoms with Gasteiger partial charge in [-0.2, -0.15) is 0 Å². The number of hydrogen-bond donors (Lipinski definition) is 1. The minimum atomic E-state index is -0.165. The van der Waals surface area contributed by atoms with Crippen molar-refractivity contribution in [3.8, 4) is 5.75 Å². The number of nitrogens with one attached hydrogen (secondary N) is 1. The molecule has 2 aromatic rings. The number of methoxy groups -OCH3 is 1. The van der Waals surface area contributed by atoms with Crippen molar-refractivity contribution in [1.82, 2.24) is 15.5 Å². The molecule has 1 aromatic carbocycles. The predicted molar refractivity (Wildman–Crippen MR) is 96.5 cm³/mol. The van der Waals surface area contributed by atoms with Crippen molar-refractivity contribution in [1.29, 1.82) is 0 Å². The van der Waals surface area contributed by atoms with Gasteiger partial charge in [-0.3, -0.25) is 4.79 Å². The van der Waals surface area contributed by atoms with Crippen molar-refractivity contribution >= 4 is 40.8 Å². The van der Waals surface area contributed by atoms with Crippen LogP contribution in [0.3, 0.4) is 0 Å². The van der Waals surface area contributed by atoms with Gasteiger partial charge in [-0.25, -0.2) is 0 Å². The summed E-state index contributed by atoms with van der Waals surface area (Å²) in [7, 11) is 1.66. The highest BCUT2D eigenvalue weighted by Crippen LogP contribution is 2.32. The Kier molecular flexibility index (Phi) is 7.19. The first-order chi connectivity index (χ1) is 11.1. The predicted octanol–water partition coefficient (Wildman–Crippen LogP) is 3.46. The number of carbonyl (C=O) groups is 1. The zero-order valence-corrected chi connectivity index (χ0v) is 15.7. The van der Waals surface area contributed by atoms with Crippen molar-refractivity contribution in [2.75, 3.05) is 13.7 Å². The standard InChI is InChI=1S/C15H19N3O2S3/c1-4-16-13(19)10(2)22-15-18-17-14(23-15)21-9-11-5-7-12(20-3)8-6-11/h5-8,10H,4,9H2,1-3H3,(H,16,19)/t10-/m0/s1. The molecule has 0 aliphatic rings. The maximum absolute atomic E-state index is 11.7. The van der Waals surface area contributed by atoms with Crippen molar-refractivity contribution < 1.29 is 9.53 Å². The quantitative estimate of drug-likeness (QED) is 0.719.